The molecule has 1 aromatic heterocycles. The summed E-state index contributed by atoms with van der Waals surface area (Å²) in [5, 5.41) is 3.01. The van der Waals surface area contributed by atoms with Crippen molar-refractivity contribution in [1.29, 1.82) is 0 Å². The Morgan fingerprint density at radius 2 is 2.36 bits per heavy atom. The van der Waals surface area contributed by atoms with Crippen LogP contribution in [0.5, 0.6) is 0 Å². The van der Waals surface area contributed by atoms with Crippen LogP contribution in [0.2, 0.25) is 0 Å². The number of alkyl halides is 1. The summed E-state index contributed by atoms with van der Waals surface area (Å²) in [7, 11) is 1.75. The third-order valence-electron chi connectivity index (χ3n) is 4.82. The number of carbonyl (C=O) groups excluding carboxylic acids is 2. The molecule has 2 saturated heterocycles. The van der Waals surface area contributed by atoms with Crippen LogP contribution in [0.1, 0.15) is 30.0 Å². The Morgan fingerprint density at radius 1 is 1.56 bits per heavy atom. The SMILES string of the molecule is Cc1nc(CN2C[C@@H](F)C[C@H]2CN(C)C(=O)C[C@@H]2COC(=O)C2)cs1. The Kier molecular flexibility index (Phi) is 5.68. The van der Waals surface area contributed by atoms with Gasteiger partial charge in [0.15, 0.2) is 0 Å². The molecule has 1 amide bonds. The van der Waals surface area contributed by atoms with Crippen LogP contribution in [0, 0.1) is 12.8 Å². The van der Waals surface area contributed by atoms with Crippen molar-refractivity contribution in [2.24, 2.45) is 5.92 Å². The van der Waals surface area contributed by atoms with Gasteiger partial charge in [0.05, 0.1) is 23.7 Å². The van der Waals surface area contributed by atoms with Gasteiger partial charge in [0.2, 0.25) is 5.91 Å². The van der Waals surface area contributed by atoms with E-state index in [4.69, 9.17) is 4.74 Å². The van der Waals surface area contributed by atoms with Gasteiger partial charge in [0.1, 0.15) is 6.17 Å². The number of aromatic nitrogens is 1. The molecule has 6 nitrogen and oxygen atoms in total. The van der Waals surface area contributed by atoms with Gasteiger partial charge in [-0.2, -0.15) is 0 Å². The van der Waals surface area contributed by atoms with Crippen LogP contribution >= 0.6 is 11.3 Å². The van der Waals surface area contributed by atoms with Gasteiger partial charge in [-0.3, -0.25) is 14.5 Å². The zero-order chi connectivity index (χ0) is 18.0. The predicted molar refractivity (Wildman–Crippen MR) is 91.9 cm³/mol. The second-order valence-corrected chi connectivity index (χ2v) is 8.07. The van der Waals surface area contributed by atoms with E-state index in [1.54, 1.807) is 23.3 Å². The van der Waals surface area contributed by atoms with Gasteiger partial charge in [-0.1, -0.05) is 0 Å². The molecule has 0 bridgehead atoms. The number of carbonyl (C=O) groups is 2. The molecule has 2 aliphatic heterocycles. The van der Waals surface area contributed by atoms with Gasteiger partial charge in [-0.05, 0) is 13.3 Å². The number of likely N-dealkylation sites (N-methyl/N-ethyl adjacent to an activating group) is 1. The minimum absolute atomic E-state index is 0.00702. The highest BCUT2D eigenvalue weighted by molar-refractivity contribution is 7.09. The van der Waals surface area contributed by atoms with E-state index >= 15 is 0 Å². The topological polar surface area (TPSA) is 62.7 Å². The van der Waals surface area contributed by atoms with Crippen LogP contribution in [0.15, 0.2) is 5.38 Å². The minimum atomic E-state index is -0.867. The van der Waals surface area contributed by atoms with Crippen LogP contribution in [0.25, 0.3) is 0 Å². The Labute approximate surface area is 151 Å². The number of halogens is 1. The highest BCUT2D eigenvalue weighted by Gasteiger charge is 2.34. The quantitative estimate of drug-likeness (QED) is 0.715. The van der Waals surface area contributed by atoms with Crippen molar-refractivity contribution in [1.82, 2.24) is 14.8 Å². The highest BCUT2D eigenvalue weighted by atomic mass is 32.1. The number of amides is 1. The fraction of sp³-hybridized carbons (Fsp3) is 0.706. The molecule has 3 atom stereocenters. The molecule has 3 rings (SSSR count). The third-order valence-corrected chi connectivity index (χ3v) is 5.64. The number of aryl methyl sites for hydroxylation is 1. The molecule has 138 valence electrons. The summed E-state index contributed by atoms with van der Waals surface area (Å²) in [5.74, 6) is -0.287. The number of ether oxygens (including phenoxy) is 1. The number of esters is 1. The number of cyclic esters (lactones) is 1. The second kappa shape index (κ2) is 7.78. The largest absolute Gasteiger partial charge is 0.465 e. The first kappa shape index (κ1) is 18.3. The normalized spacial score (nSPS) is 26.8. The van der Waals surface area contributed by atoms with Crippen molar-refractivity contribution in [2.45, 2.75) is 44.9 Å². The summed E-state index contributed by atoms with van der Waals surface area (Å²) in [5.41, 5.74) is 0.956. The van der Waals surface area contributed by atoms with Crippen LogP contribution in [0.4, 0.5) is 4.39 Å². The first-order chi connectivity index (χ1) is 11.9. The molecule has 0 unspecified atom stereocenters. The van der Waals surface area contributed by atoms with Gasteiger partial charge in [-0.15, -0.1) is 11.3 Å². The van der Waals surface area contributed by atoms with Crippen molar-refractivity contribution >= 4 is 23.2 Å². The Balaban J connectivity index is 1.53. The molecular weight excluding hydrogens is 345 g/mol. The lowest BCUT2D eigenvalue weighted by Gasteiger charge is -2.28. The van der Waals surface area contributed by atoms with E-state index in [1.165, 1.54) is 0 Å². The number of rotatable bonds is 6. The van der Waals surface area contributed by atoms with Crippen LogP contribution < -0.4 is 0 Å². The zero-order valence-electron chi connectivity index (χ0n) is 14.6. The van der Waals surface area contributed by atoms with Crippen molar-refractivity contribution in [3.05, 3.63) is 16.1 Å². The summed E-state index contributed by atoms with van der Waals surface area (Å²) in [6.45, 7) is 3.77. The Hall–Kier alpha value is -1.54. The minimum Gasteiger partial charge on any atom is -0.465 e. The molecule has 0 radical (unpaired) electrons. The summed E-state index contributed by atoms with van der Waals surface area (Å²) >= 11 is 1.59. The molecule has 0 N–H and O–H groups in total. The van der Waals surface area contributed by atoms with Gasteiger partial charge in [-0.25, -0.2) is 9.37 Å². The van der Waals surface area contributed by atoms with Gasteiger partial charge in [0, 0.05) is 50.4 Å². The molecule has 2 aliphatic rings. The smallest absolute Gasteiger partial charge is 0.306 e. The monoisotopic (exact) mass is 369 g/mol. The molecule has 25 heavy (non-hydrogen) atoms. The van der Waals surface area contributed by atoms with Gasteiger partial charge in [0.25, 0.3) is 0 Å². The van der Waals surface area contributed by atoms with E-state index in [0.717, 1.165) is 10.7 Å². The molecule has 8 heteroatoms. The van der Waals surface area contributed by atoms with Crippen LogP contribution in [-0.2, 0) is 20.9 Å². The lowest BCUT2D eigenvalue weighted by Crippen LogP contribution is -2.41. The van der Waals surface area contributed by atoms with E-state index < -0.39 is 6.17 Å². The van der Waals surface area contributed by atoms with E-state index in [-0.39, 0.29) is 23.8 Å². The molecule has 3 heterocycles. The Morgan fingerprint density at radius 3 is 3.00 bits per heavy atom. The first-order valence-electron chi connectivity index (χ1n) is 8.59. The predicted octanol–water partition coefficient (Wildman–Crippen LogP) is 1.78. The average Bonchev–Trinajstić information content (AvgIpc) is 3.22. The lowest BCUT2D eigenvalue weighted by atomic mass is 10.0. The van der Waals surface area contributed by atoms with Crippen molar-refractivity contribution in [2.75, 3.05) is 26.7 Å². The molecule has 1 aromatic rings. The lowest BCUT2D eigenvalue weighted by molar-refractivity contribution is -0.138. The molecular formula is C17H24FN3O3S. The van der Waals surface area contributed by atoms with Crippen LogP contribution in [-0.4, -0.2) is 65.6 Å². The summed E-state index contributed by atoms with van der Waals surface area (Å²) < 4.78 is 18.8. The van der Waals surface area contributed by atoms with Crippen LogP contribution in [0.3, 0.4) is 0 Å². The summed E-state index contributed by atoms with van der Waals surface area (Å²) in [6, 6.07) is -0.00702. The fourth-order valence-corrected chi connectivity index (χ4v) is 4.11. The number of thiazole rings is 1. The van der Waals surface area contributed by atoms with Crippen molar-refractivity contribution < 1.29 is 18.7 Å². The van der Waals surface area contributed by atoms with Gasteiger partial charge < -0.3 is 9.64 Å². The zero-order valence-corrected chi connectivity index (χ0v) is 15.4. The Bertz CT molecular complexity index is 638. The van der Waals surface area contributed by atoms with Crippen molar-refractivity contribution in [3.8, 4) is 0 Å². The van der Waals surface area contributed by atoms with Crippen molar-refractivity contribution in [3.63, 3.8) is 0 Å². The first-order valence-corrected chi connectivity index (χ1v) is 9.47. The molecule has 0 aliphatic carbocycles. The van der Waals surface area contributed by atoms with E-state index in [1.807, 2.05) is 12.3 Å². The highest BCUT2D eigenvalue weighted by Crippen LogP contribution is 2.25. The van der Waals surface area contributed by atoms with E-state index in [0.29, 0.717) is 45.5 Å². The standard InChI is InChI=1S/C17H24FN3O3S/c1-11-19-14(10-25-11)7-21-6-13(18)5-15(21)8-20(2)16(22)3-12-4-17(23)24-9-12/h10,12-13,15H,3-9H2,1-2H3/t12-,13-,15-/m0/s1. The maximum absolute atomic E-state index is 13.9. The summed E-state index contributed by atoms with van der Waals surface area (Å²) in [4.78, 5) is 31.7. The fourth-order valence-electron chi connectivity index (χ4n) is 3.51. The number of likely N-dealkylation sites (tertiary alicyclic amines) is 1. The molecule has 0 saturated carbocycles. The maximum Gasteiger partial charge on any atom is 0.306 e. The third kappa shape index (κ3) is 4.76. The summed E-state index contributed by atoms with van der Waals surface area (Å²) in [6.07, 6.45) is 0.185. The number of nitrogens with zero attached hydrogens (tertiary/aromatic N) is 3. The maximum atomic E-state index is 13.9. The van der Waals surface area contributed by atoms with E-state index in [2.05, 4.69) is 9.88 Å². The molecule has 0 aromatic carbocycles. The van der Waals surface area contributed by atoms with E-state index in [9.17, 15) is 14.0 Å². The molecule has 2 fully saturated rings. The molecule has 0 spiro atoms. The second-order valence-electron chi connectivity index (χ2n) is 7.01. The number of hydrogen-bond acceptors (Lipinski definition) is 6. The van der Waals surface area contributed by atoms with Gasteiger partial charge >= 0.3 is 5.97 Å². The number of hydrogen-bond donors (Lipinski definition) is 0. The average molecular weight is 369 g/mol.